The first-order valence-corrected chi connectivity index (χ1v) is 5.92. The Labute approximate surface area is 95.6 Å². The number of aromatic nitrogens is 2. The summed E-state index contributed by atoms with van der Waals surface area (Å²) in [7, 11) is 1.70. The predicted molar refractivity (Wildman–Crippen MR) is 59.3 cm³/mol. The lowest BCUT2D eigenvalue weighted by Gasteiger charge is -2.18. The molecule has 2 rings (SSSR count). The van der Waals surface area contributed by atoms with Crippen LogP contribution in [0, 0.1) is 0 Å². The summed E-state index contributed by atoms with van der Waals surface area (Å²) in [6.45, 7) is 2.81. The van der Waals surface area contributed by atoms with Gasteiger partial charge in [-0.3, -0.25) is 0 Å². The smallest absolute Gasteiger partial charge is 0.231 e. The summed E-state index contributed by atoms with van der Waals surface area (Å²) < 4.78 is 10.3. The highest BCUT2D eigenvalue weighted by Crippen LogP contribution is 2.21. The molecule has 0 aliphatic carbocycles. The van der Waals surface area contributed by atoms with Crippen molar-refractivity contribution in [3.63, 3.8) is 0 Å². The van der Waals surface area contributed by atoms with Gasteiger partial charge in [-0.05, 0) is 25.8 Å². The normalized spacial score (nSPS) is 21.2. The van der Waals surface area contributed by atoms with Gasteiger partial charge >= 0.3 is 0 Å². The average molecular weight is 225 g/mol. The van der Waals surface area contributed by atoms with Crippen molar-refractivity contribution in [2.24, 2.45) is 0 Å². The maximum absolute atomic E-state index is 5.29. The highest BCUT2D eigenvalue weighted by atomic mass is 16.5. The van der Waals surface area contributed by atoms with Gasteiger partial charge in [0.25, 0.3) is 0 Å². The molecule has 0 bridgehead atoms. The molecule has 1 saturated heterocycles. The van der Waals surface area contributed by atoms with Crippen molar-refractivity contribution in [2.75, 3.05) is 26.8 Å². The van der Waals surface area contributed by atoms with Crippen LogP contribution in [0.25, 0.3) is 0 Å². The summed E-state index contributed by atoms with van der Waals surface area (Å²) in [4.78, 5) is 4.43. The standard InChI is InChI=1S/C11H19N3O2/c1-15-7-3-5-10-13-11(16-14-10)9-4-2-6-12-8-9/h9,12H,2-8H2,1H3/t9-/m1/s1. The van der Waals surface area contributed by atoms with Crippen molar-refractivity contribution >= 4 is 0 Å². The van der Waals surface area contributed by atoms with Crippen molar-refractivity contribution in [3.05, 3.63) is 11.7 Å². The average Bonchev–Trinajstić information content (AvgIpc) is 2.79. The van der Waals surface area contributed by atoms with E-state index in [9.17, 15) is 0 Å². The van der Waals surface area contributed by atoms with Crippen LogP contribution in [-0.2, 0) is 11.2 Å². The highest BCUT2D eigenvalue weighted by Gasteiger charge is 2.20. The van der Waals surface area contributed by atoms with Gasteiger partial charge < -0.3 is 14.6 Å². The molecular weight excluding hydrogens is 206 g/mol. The fraction of sp³-hybridized carbons (Fsp3) is 0.818. The minimum Gasteiger partial charge on any atom is -0.385 e. The molecule has 1 aliphatic heterocycles. The summed E-state index contributed by atoms with van der Waals surface area (Å²) in [6.07, 6.45) is 4.11. The number of hydrogen-bond acceptors (Lipinski definition) is 5. The molecule has 16 heavy (non-hydrogen) atoms. The van der Waals surface area contributed by atoms with Gasteiger partial charge in [-0.15, -0.1) is 0 Å². The van der Waals surface area contributed by atoms with Gasteiger partial charge in [0.1, 0.15) is 0 Å². The van der Waals surface area contributed by atoms with Crippen molar-refractivity contribution in [3.8, 4) is 0 Å². The van der Waals surface area contributed by atoms with Crippen LogP contribution < -0.4 is 5.32 Å². The van der Waals surface area contributed by atoms with Gasteiger partial charge in [0, 0.05) is 26.7 Å². The van der Waals surface area contributed by atoms with Crippen LogP contribution in [0.3, 0.4) is 0 Å². The fourth-order valence-corrected chi connectivity index (χ4v) is 1.97. The molecule has 1 aliphatic rings. The molecule has 5 nitrogen and oxygen atoms in total. The topological polar surface area (TPSA) is 60.2 Å². The SMILES string of the molecule is COCCCc1noc([C@@H]2CCCNC2)n1. The Morgan fingerprint density at radius 3 is 3.25 bits per heavy atom. The van der Waals surface area contributed by atoms with E-state index in [0.29, 0.717) is 5.92 Å². The van der Waals surface area contributed by atoms with Gasteiger partial charge in [0.15, 0.2) is 5.82 Å². The third kappa shape index (κ3) is 3.02. The Kier molecular flexibility index (Phi) is 4.30. The molecule has 1 atom stereocenters. The summed E-state index contributed by atoms with van der Waals surface area (Å²) in [6, 6.07) is 0. The molecule has 90 valence electrons. The monoisotopic (exact) mass is 225 g/mol. The first-order chi connectivity index (χ1) is 7.90. The first-order valence-electron chi connectivity index (χ1n) is 5.92. The largest absolute Gasteiger partial charge is 0.385 e. The first kappa shape index (κ1) is 11.5. The molecule has 0 amide bonds. The van der Waals surface area contributed by atoms with Crippen LogP contribution in [0.5, 0.6) is 0 Å². The molecule has 1 fully saturated rings. The zero-order valence-electron chi connectivity index (χ0n) is 9.74. The zero-order valence-corrected chi connectivity index (χ0v) is 9.74. The predicted octanol–water partition coefficient (Wildman–Crippen LogP) is 1.12. The third-order valence-electron chi connectivity index (χ3n) is 2.88. The maximum atomic E-state index is 5.29. The molecule has 0 saturated carbocycles. The third-order valence-corrected chi connectivity index (χ3v) is 2.88. The fourth-order valence-electron chi connectivity index (χ4n) is 1.97. The van der Waals surface area contributed by atoms with Crippen LogP contribution in [0.2, 0.25) is 0 Å². The highest BCUT2D eigenvalue weighted by molar-refractivity contribution is 4.96. The maximum Gasteiger partial charge on any atom is 0.231 e. The van der Waals surface area contributed by atoms with Gasteiger partial charge in [0.05, 0.1) is 5.92 Å². The van der Waals surface area contributed by atoms with Gasteiger partial charge in [0.2, 0.25) is 5.89 Å². The van der Waals surface area contributed by atoms with E-state index in [1.807, 2.05) is 0 Å². The molecule has 0 radical (unpaired) electrons. The van der Waals surface area contributed by atoms with E-state index in [1.54, 1.807) is 7.11 Å². The number of nitrogens with zero attached hydrogens (tertiary/aromatic N) is 2. The number of methoxy groups -OCH3 is 1. The van der Waals surface area contributed by atoms with Crippen molar-refractivity contribution < 1.29 is 9.26 Å². The summed E-state index contributed by atoms with van der Waals surface area (Å²) in [5.74, 6) is 2.00. The van der Waals surface area contributed by atoms with E-state index >= 15 is 0 Å². The Morgan fingerprint density at radius 2 is 2.50 bits per heavy atom. The number of aryl methyl sites for hydroxylation is 1. The molecule has 2 heterocycles. The van der Waals surface area contributed by atoms with Crippen LogP contribution >= 0.6 is 0 Å². The number of ether oxygens (including phenoxy) is 1. The second-order valence-corrected chi connectivity index (χ2v) is 4.19. The minimum absolute atomic E-state index is 0.400. The number of hydrogen-bond donors (Lipinski definition) is 1. The van der Waals surface area contributed by atoms with E-state index in [4.69, 9.17) is 9.26 Å². The lowest BCUT2D eigenvalue weighted by molar-refractivity contribution is 0.194. The zero-order chi connectivity index (χ0) is 11.2. The Balaban J connectivity index is 1.85. The molecular formula is C11H19N3O2. The van der Waals surface area contributed by atoms with E-state index < -0.39 is 0 Å². The summed E-state index contributed by atoms with van der Waals surface area (Å²) in [5.41, 5.74) is 0. The minimum atomic E-state index is 0.400. The van der Waals surface area contributed by atoms with E-state index in [0.717, 1.165) is 50.7 Å². The van der Waals surface area contributed by atoms with Crippen LogP contribution in [-0.4, -0.2) is 36.9 Å². The molecule has 1 aromatic heterocycles. The van der Waals surface area contributed by atoms with Crippen LogP contribution in [0.15, 0.2) is 4.52 Å². The second kappa shape index (κ2) is 5.96. The lowest BCUT2D eigenvalue weighted by Crippen LogP contribution is -2.28. The lowest BCUT2D eigenvalue weighted by atomic mass is 10.00. The molecule has 5 heteroatoms. The Morgan fingerprint density at radius 1 is 1.56 bits per heavy atom. The van der Waals surface area contributed by atoms with Crippen molar-refractivity contribution in [2.45, 2.75) is 31.6 Å². The van der Waals surface area contributed by atoms with Crippen molar-refractivity contribution in [1.82, 2.24) is 15.5 Å². The van der Waals surface area contributed by atoms with Gasteiger partial charge in [-0.25, -0.2) is 0 Å². The molecule has 1 N–H and O–H groups in total. The van der Waals surface area contributed by atoms with E-state index in [1.165, 1.54) is 6.42 Å². The Bertz CT molecular complexity index is 308. The van der Waals surface area contributed by atoms with Crippen molar-refractivity contribution in [1.29, 1.82) is 0 Å². The molecule has 1 aromatic rings. The quantitative estimate of drug-likeness (QED) is 0.761. The number of nitrogens with one attached hydrogen (secondary N) is 1. The second-order valence-electron chi connectivity index (χ2n) is 4.19. The van der Waals surface area contributed by atoms with Crippen LogP contribution in [0.4, 0.5) is 0 Å². The summed E-state index contributed by atoms with van der Waals surface area (Å²) >= 11 is 0. The van der Waals surface area contributed by atoms with Gasteiger partial charge in [-0.1, -0.05) is 5.16 Å². The molecule has 0 unspecified atom stereocenters. The van der Waals surface area contributed by atoms with E-state index in [2.05, 4.69) is 15.5 Å². The Hall–Kier alpha value is -0.940. The van der Waals surface area contributed by atoms with Crippen LogP contribution in [0.1, 0.15) is 36.9 Å². The summed E-state index contributed by atoms with van der Waals surface area (Å²) in [5, 5.41) is 7.34. The molecule has 0 aromatic carbocycles. The van der Waals surface area contributed by atoms with Gasteiger partial charge in [-0.2, -0.15) is 4.98 Å². The molecule has 0 spiro atoms. The van der Waals surface area contributed by atoms with E-state index in [-0.39, 0.29) is 0 Å². The number of rotatable bonds is 5. The number of piperidine rings is 1.